The molecule has 0 bridgehead atoms. The number of aromatic carboxylic acids is 1. The zero-order chi connectivity index (χ0) is 27.6. The SMILES string of the molecule is COCCC1=CN(c2ccc(C(=O)O)cc2)C(=O)C[C@@]1(C)c1ccc(CCC(C)(C)C)c(C(F)(F)F)c1. The predicted octanol–water partition coefficient (Wildman–Crippen LogP) is 7.00. The minimum absolute atomic E-state index is 0.0398. The lowest BCUT2D eigenvalue weighted by atomic mass is 9.70. The molecular formula is C29H34F3NO4. The van der Waals surface area contributed by atoms with Crippen molar-refractivity contribution in [2.45, 2.75) is 65.0 Å². The van der Waals surface area contributed by atoms with Gasteiger partial charge >= 0.3 is 12.1 Å². The highest BCUT2D eigenvalue weighted by Crippen LogP contribution is 2.44. The number of methoxy groups -OCH3 is 1. The molecule has 5 nitrogen and oxygen atoms in total. The van der Waals surface area contributed by atoms with Gasteiger partial charge in [-0.2, -0.15) is 13.2 Å². The molecule has 0 aromatic heterocycles. The van der Waals surface area contributed by atoms with Crippen LogP contribution >= 0.6 is 0 Å². The fraction of sp³-hybridized carbons (Fsp3) is 0.448. The van der Waals surface area contributed by atoms with Crippen molar-refractivity contribution in [3.8, 4) is 0 Å². The van der Waals surface area contributed by atoms with Gasteiger partial charge in [0.1, 0.15) is 0 Å². The predicted molar refractivity (Wildman–Crippen MR) is 137 cm³/mol. The molecule has 1 aliphatic heterocycles. The Labute approximate surface area is 215 Å². The number of benzene rings is 2. The Kier molecular flexibility index (Phi) is 8.22. The fourth-order valence-corrected chi connectivity index (χ4v) is 4.61. The number of hydrogen-bond donors (Lipinski definition) is 1. The van der Waals surface area contributed by atoms with E-state index in [1.54, 1.807) is 44.5 Å². The van der Waals surface area contributed by atoms with Gasteiger partial charge in [0, 0.05) is 37.4 Å². The van der Waals surface area contributed by atoms with Crippen LogP contribution in [0.2, 0.25) is 0 Å². The highest BCUT2D eigenvalue weighted by molar-refractivity contribution is 5.98. The van der Waals surface area contributed by atoms with Crippen LogP contribution < -0.4 is 4.90 Å². The molecule has 0 radical (unpaired) electrons. The number of aryl methyl sites for hydroxylation is 1. The maximum absolute atomic E-state index is 14.1. The first-order valence-corrected chi connectivity index (χ1v) is 12.2. The number of alkyl halides is 3. The maximum atomic E-state index is 14.1. The van der Waals surface area contributed by atoms with Crippen LogP contribution in [0.4, 0.5) is 18.9 Å². The fourth-order valence-electron chi connectivity index (χ4n) is 4.61. The Morgan fingerprint density at radius 3 is 2.27 bits per heavy atom. The van der Waals surface area contributed by atoms with Crippen LogP contribution in [0.15, 0.2) is 54.2 Å². The van der Waals surface area contributed by atoms with Gasteiger partial charge in [-0.05, 0) is 71.7 Å². The lowest BCUT2D eigenvalue weighted by Gasteiger charge is -2.40. The number of carbonyl (C=O) groups is 2. The van der Waals surface area contributed by atoms with Crippen molar-refractivity contribution in [3.63, 3.8) is 0 Å². The summed E-state index contributed by atoms with van der Waals surface area (Å²) in [6.07, 6.45) is -1.58. The third kappa shape index (κ3) is 6.60. The van der Waals surface area contributed by atoms with Crippen LogP contribution in [0, 0.1) is 5.41 Å². The molecule has 0 fully saturated rings. The van der Waals surface area contributed by atoms with Crippen LogP contribution in [0.3, 0.4) is 0 Å². The summed E-state index contributed by atoms with van der Waals surface area (Å²) in [5.74, 6) is -1.37. The molecule has 37 heavy (non-hydrogen) atoms. The van der Waals surface area contributed by atoms with Crippen molar-refractivity contribution in [2.24, 2.45) is 5.41 Å². The zero-order valence-electron chi connectivity index (χ0n) is 21.9. The molecular weight excluding hydrogens is 483 g/mol. The Morgan fingerprint density at radius 2 is 1.73 bits per heavy atom. The second-order valence-corrected chi connectivity index (χ2v) is 11.0. The summed E-state index contributed by atoms with van der Waals surface area (Å²) in [6.45, 7) is 8.12. The van der Waals surface area contributed by atoms with Crippen molar-refractivity contribution in [2.75, 3.05) is 18.6 Å². The zero-order valence-corrected chi connectivity index (χ0v) is 21.9. The molecule has 200 valence electrons. The third-order valence-corrected chi connectivity index (χ3v) is 6.93. The van der Waals surface area contributed by atoms with Gasteiger partial charge in [-0.15, -0.1) is 0 Å². The molecule has 0 saturated heterocycles. The van der Waals surface area contributed by atoms with Crippen LogP contribution in [0.25, 0.3) is 0 Å². The Balaban J connectivity index is 2.06. The number of anilines is 1. The minimum Gasteiger partial charge on any atom is -0.478 e. The van der Waals surface area contributed by atoms with E-state index in [9.17, 15) is 22.8 Å². The van der Waals surface area contributed by atoms with Crippen molar-refractivity contribution < 1.29 is 32.6 Å². The van der Waals surface area contributed by atoms with E-state index in [1.807, 2.05) is 20.8 Å². The number of ether oxygens (including phenoxy) is 1. The van der Waals surface area contributed by atoms with Gasteiger partial charge in [0.05, 0.1) is 11.1 Å². The molecule has 1 amide bonds. The van der Waals surface area contributed by atoms with Gasteiger partial charge in [-0.3, -0.25) is 9.69 Å². The van der Waals surface area contributed by atoms with E-state index in [-0.39, 0.29) is 28.9 Å². The molecule has 0 aliphatic carbocycles. The molecule has 8 heteroatoms. The third-order valence-electron chi connectivity index (χ3n) is 6.93. The molecule has 0 spiro atoms. The van der Waals surface area contributed by atoms with Gasteiger partial charge in [0.25, 0.3) is 0 Å². The Morgan fingerprint density at radius 1 is 1.08 bits per heavy atom. The maximum Gasteiger partial charge on any atom is 0.416 e. The first-order chi connectivity index (χ1) is 17.2. The number of rotatable bonds is 8. The minimum atomic E-state index is -4.52. The number of carbonyl (C=O) groups excluding carboxylic acids is 1. The first kappa shape index (κ1) is 28.4. The summed E-state index contributed by atoms with van der Waals surface area (Å²) in [5.41, 5.74) is 0.275. The van der Waals surface area contributed by atoms with E-state index in [1.165, 1.54) is 23.1 Å². The highest BCUT2D eigenvalue weighted by atomic mass is 19.4. The largest absolute Gasteiger partial charge is 0.478 e. The van der Waals surface area contributed by atoms with Gasteiger partial charge in [-0.25, -0.2) is 4.79 Å². The molecule has 1 N–H and O–H groups in total. The molecule has 3 rings (SSSR count). The van der Waals surface area contributed by atoms with Crippen LogP contribution in [-0.2, 0) is 27.5 Å². The monoisotopic (exact) mass is 517 g/mol. The van der Waals surface area contributed by atoms with Gasteiger partial charge in [-0.1, -0.05) is 39.8 Å². The quantitative estimate of drug-likeness (QED) is 0.410. The Bertz CT molecular complexity index is 1180. The average molecular weight is 518 g/mol. The number of hydrogen-bond acceptors (Lipinski definition) is 3. The average Bonchev–Trinajstić information content (AvgIpc) is 2.81. The van der Waals surface area contributed by atoms with Gasteiger partial charge in [0.15, 0.2) is 0 Å². The number of amides is 1. The van der Waals surface area contributed by atoms with E-state index < -0.39 is 23.1 Å². The number of halogens is 3. The highest BCUT2D eigenvalue weighted by Gasteiger charge is 2.41. The molecule has 1 atom stereocenters. The number of carboxylic acid groups (broad SMARTS) is 1. The second-order valence-electron chi connectivity index (χ2n) is 11.0. The molecule has 0 saturated carbocycles. The van der Waals surface area contributed by atoms with Crippen LogP contribution in [0.5, 0.6) is 0 Å². The summed E-state index contributed by atoms with van der Waals surface area (Å²) < 4.78 is 47.7. The smallest absolute Gasteiger partial charge is 0.416 e. The van der Waals surface area contributed by atoms with E-state index in [2.05, 4.69) is 0 Å². The van der Waals surface area contributed by atoms with Crippen LogP contribution in [0.1, 0.15) is 74.0 Å². The first-order valence-electron chi connectivity index (χ1n) is 12.2. The van der Waals surface area contributed by atoms with E-state index in [4.69, 9.17) is 9.84 Å². The summed E-state index contributed by atoms with van der Waals surface area (Å²) in [5, 5.41) is 9.16. The number of carboxylic acids is 1. The van der Waals surface area contributed by atoms with E-state index in [0.717, 1.165) is 5.57 Å². The van der Waals surface area contributed by atoms with Gasteiger partial charge < -0.3 is 9.84 Å². The van der Waals surface area contributed by atoms with Crippen molar-refractivity contribution in [1.82, 2.24) is 0 Å². The van der Waals surface area contributed by atoms with Crippen molar-refractivity contribution in [3.05, 3.63) is 76.5 Å². The second kappa shape index (κ2) is 10.7. The molecule has 2 aromatic carbocycles. The molecule has 1 heterocycles. The topological polar surface area (TPSA) is 66.8 Å². The Hall–Kier alpha value is -3.13. The molecule has 0 unspecified atom stereocenters. The van der Waals surface area contributed by atoms with E-state index in [0.29, 0.717) is 37.1 Å². The summed E-state index contributed by atoms with van der Waals surface area (Å²) in [7, 11) is 1.54. The van der Waals surface area contributed by atoms with E-state index >= 15 is 0 Å². The summed E-state index contributed by atoms with van der Waals surface area (Å²) in [6, 6.07) is 10.4. The van der Waals surface area contributed by atoms with Gasteiger partial charge in [0.2, 0.25) is 5.91 Å². The standard InChI is InChI=1S/C29H34F3NO4/c1-27(2,3)14-12-19-6-9-21(16-24(19)29(30,31)32)28(4)17-25(34)33(18-22(28)13-15-37-5)23-10-7-20(8-11-23)26(35)36/h6-11,16,18H,12-15,17H2,1-5H3,(H,35,36)/t28-/m0/s1. The molecule has 1 aliphatic rings. The van der Waals surface area contributed by atoms with Crippen molar-refractivity contribution >= 4 is 17.6 Å². The van der Waals surface area contributed by atoms with Crippen LogP contribution in [-0.4, -0.2) is 30.7 Å². The lowest BCUT2D eigenvalue weighted by molar-refractivity contribution is -0.138. The van der Waals surface area contributed by atoms with Crippen molar-refractivity contribution in [1.29, 1.82) is 0 Å². The molecule has 2 aromatic rings. The summed E-state index contributed by atoms with van der Waals surface area (Å²) in [4.78, 5) is 25.9. The number of nitrogens with zero attached hydrogens (tertiary/aromatic N) is 1. The summed E-state index contributed by atoms with van der Waals surface area (Å²) >= 11 is 0. The lowest BCUT2D eigenvalue weighted by Crippen LogP contribution is -2.41. The normalized spacial score (nSPS) is 18.6.